The van der Waals surface area contributed by atoms with Gasteiger partial charge in [0, 0.05) is 48.3 Å². The fourth-order valence-electron chi connectivity index (χ4n) is 3.63. The number of pyridine rings is 1. The molecule has 0 aliphatic carbocycles. The summed E-state index contributed by atoms with van der Waals surface area (Å²) in [5.41, 5.74) is 2.98. The van der Waals surface area contributed by atoms with Crippen LogP contribution in [0.4, 0.5) is 0 Å². The molecule has 0 bridgehead atoms. The van der Waals surface area contributed by atoms with Crippen LogP contribution < -0.4 is 10.1 Å². The van der Waals surface area contributed by atoms with Gasteiger partial charge in [0.05, 0.1) is 11.7 Å². The number of fused-ring (bicyclic) bond motifs is 1. The highest BCUT2D eigenvalue weighted by Gasteiger charge is 2.25. The van der Waals surface area contributed by atoms with Gasteiger partial charge in [-0.05, 0) is 57.0 Å². The molecule has 1 amide bonds. The number of carbonyl (C=O) groups excluding carboxylic acids is 1. The summed E-state index contributed by atoms with van der Waals surface area (Å²) in [4.78, 5) is 16.0. The molecule has 6 heteroatoms. The number of hydrogen-bond acceptors (Lipinski definition) is 4. The van der Waals surface area contributed by atoms with Gasteiger partial charge in [0.15, 0.2) is 0 Å². The second kappa shape index (κ2) is 7.62. The Hall–Kier alpha value is -2.89. The van der Waals surface area contributed by atoms with Crippen LogP contribution in [0.15, 0.2) is 42.9 Å². The maximum atomic E-state index is 11.4. The van der Waals surface area contributed by atoms with Gasteiger partial charge in [0.2, 0.25) is 5.91 Å². The zero-order valence-corrected chi connectivity index (χ0v) is 16.6. The molecular formula is C22H26N4O2. The average molecular weight is 378 g/mol. The second-order valence-corrected chi connectivity index (χ2v) is 7.77. The lowest BCUT2D eigenvalue weighted by Gasteiger charge is -2.28. The van der Waals surface area contributed by atoms with Gasteiger partial charge < -0.3 is 10.1 Å². The van der Waals surface area contributed by atoms with E-state index in [1.807, 2.05) is 23.0 Å². The summed E-state index contributed by atoms with van der Waals surface area (Å²) in [6.07, 6.45) is 7.15. The van der Waals surface area contributed by atoms with Crippen molar-refractivity contribution >= 4 is 16.8 Å². The Kier molecular flexibility index (Phi) is 5.03. The van der Waals surface area contributed by atoms with Crippen LogP contribution in [-0.4, -0.2) is 33.3 Å². The monoisotopic (exact) mass is 378 g/mol. The van der Waals surface area contributed by atoms with Gasteiger partial charge in [-0.25, -0.2) is 0 Å². The number of aromatic nitrogens is 3. The number of piperidine rings is 1. The molecule has 3 aromatic rings. The first-order valence-corrected chi connectivity index (χ1v) is 9.88. The van der Waals surface area contributed by atoms with Crippen molar-refractivity contribution in [3.05, 3.63) is 42.9 Å². The van der Waals surface area contributed by atoms with Gasteiger partial charge in [-0.2, -0.15) is 5.10 Å². The van der Waals surface area contributed by atoms with Crippen LogP contribution >= 0.6 is 0 Å². The van der Waals surface area contributed by atoms with Gasteiger partial charge in [0.1, 0.15) is 11.9 Å². The van der Waals surface area contributed by atoms with E-state index in [0.29, 0.717) is 24.9 Å². The van der Waals surface area contributed by atoms with E-state index in [1.165, 1.54) is 0 Å². The zero-order chi connectivity index (χ0) is 19.7. The van der Waals surface area contributed by atoms with Crippen LogP contribution in [0.1, 0.15) is 39.7 Å². The highest BCUT2D eigenvalue weighted by Crippen LogP contribution is 2.33. The largest absolute Gasteiger partial charge is 0.490 e. The van der Waals surface area contributed by atoms with E-state index in [-0.39, 0.29) is 12.0 Å². The third-order valence-electron chi connectivity index (χ3n) is 5.43. The summed E-state index contributed by atoms with van der Waals surface area (Å²) in [6.45, 7) is 6.96. The molecule has 0 unspecified atom stereocenters. The van der Waals surface area contributed by atoms with E-state index in [1.54, 1.807) is 6.20 Å². The number of nitrogens with one attached hydrogen (secondary N) is 1. The Morgan fingerprint density at radius 2 is 2.11 bits per heavy atom. The molecule has 2 atom stereocenters. The fraction of sp³-hybridized carbons (Fsp3) is 0.409. The minimum absolute atomic E-state index is 0.00218. The minimum Gasteiger partial charge on any atom is -0.490 e. The Morgan fingerprint density at radius 1 is 1.25 bits per heavy atom. The van der Waals surface area contributed by atoms with Crippen molar-refractivity contribution in [3.63, 3.8) is 0 Å². The molecule has 1 aromatic carbocycles. The van der Waals surface area contributed by atoms with Crippen molar-refractivity contribution in [1.29, 1.82) is 0 Å². The van der Waals surface area contributed by atoms with Crippen molar-refractivity contribution in [1.82, 2.24) is 20.1 Å². The molecule has 3 heterocycles. The summed E-state index contributed by atoms with van der Waals surface area (Å²) in [6, 6.07) is 8.43. The predicted molar refractivity (Wildman–Crippen MR) is 109 cm³/mol. The summed E-state index contributed by atoms with van der Waals surface area (Å²) in [5, 5.41) is 8.40. The summed E-state index contributed by atoms with van der Waals surface area (Å²) < 4.78 is 8.35. The van der Waals surface area contributed by atoms with Crippen LogP contribution in [0.2, 0.25) is 0 Å². The lowest BCUT2D eigenvalue weighted by molar-refractivity contribution is -0.123. The van der Waals surface area contributed by atoms with Crippen molar-refractivity contribution in [2.24, 2.45) is 5.92 Å². The fourth-order valence-corrected chi connectivity index (χ4v) is 3.63. The van der Waals surface area contributed by atoms with Crippen LogP contribution in [0, 0.1) is 5.92 Å². The molecule has 146 valence electrons. The number of benzene rings is 1. The maximum absolute atomic E-state index is 11.4. The lowest BCUT2D eigenvalue weighted by atomic mass is 9.94. The quantitative estimate of drug-likeness (QED) is 0.729. The number of carbonyl (C=O) groups is 1. The number of ether oxygens (including phenoxy) is 1. The van der Waals surface area contributed by atoms with Gasteiger partial charge in [0.25, 0.3) is 0 Å². The summed E-state index contributed by atoms with van der Waals surface area (Å²) in [5.74, 6) is 1.25. The Labute approximate surface area is 164 Å². The molecule has 1 aliphatic heterocycles. The van der Waals surface area contributed by atoms with E-state index in [0.717, 1.165) is 34.2 Å². The van der Waals surface area contributed by atoms with Crippen molar-refractivity contribution in [2.45, 2.75) is 45.8 Å². The SMILES string of the molecule is CC(C)n1cc(-c2cc(O[C@H](C)[C@@H]3CCC(=O)NC3)c3cccnc3c2)cn1. The highest BCUT2D eigenvalue weighted by atomic mass is 16.5. The first kappa shape index (κ1) is 18.5. The van der Waals surface area contributed by atoms with Crippen LogP contribution in [0.3, 0.4) is 0 Å². The molecule has 4 rings (SSSR count). The zero-order valence-electron chi connectivity index (χ0n) is 16.6. The molecule has 2 aromatic heterocycles. The first-order valence-electron chi connectivity index (χ1n) is 9.88. The Balaban J connectivity index is 1.67. The van der Waals surface area contributed by atoms with Crippen molar-refractivity contribution < 1.29 is 9.53 Å². The molecular weight excluding hydrogens is 352 g/mol. The normalized spacial score (nSPS) is 18.3. The topological polar surface area (TPSA) is 69.0 Å². The van der Waals surface area contributed by atoms with Crippen molar-refractivity contribution in [3.8, 4) is 16.9 Å². The number of hydrogen-bond donors (Lipinski definition) is 1. The van der Waals surface area contributed by atoms with E-state index in [2.05, 4.69) is 54.5 Å². The molecule has 28 heavy (non-hydrogen) atoms. The molecule has 1 saturated heterocycles. The van der Waals surface area contributed by atoms with E-state index >= 15 is 0 Å². The molecule has 0 radical (unpaired) electrons. The standard InChI is InChI=1S/C22H26N4O2/c1-14(2)26-13-18(12-25-26)17-9-20-19(5-4-8-23-20)21(10-17)28-15(3)16-6-7-22(27)24-11-16/h4-5,8-10,12-16H,6-7,11H2,1-3H3,(H,24,27)/t15-,16-/m1/s1. The van der Waals surface area contributed by atoms with Gasteiger partial charge in [-0.3, -0.25) is 14.5 Å². The lowest BCUT2D eigenvalue weighted by Crippen LogP contribution is -2.41. The molecule has 6 nitrogen and oxygen atoms in total. The molecule has 1 aliphatic rings. The number of nitrogens with zero attached hydrogens (tertiary/aromatic N) is 3. The molecule has 1 fully saturated rings. The van der Waals surface area contributed by atoms with E-state index < -0.39 is 0 Å². The van der Waals surface area contributed by atoms with Gasteiger partial charge in [-0.1, -0.05) is 0 Å². The Bertz CT molecular complexity index is 985. The van der Waals surface area contributed by atoms with Crippen molar-refractivity contribution in [2.75, 3.05) is 6.54 Å². The summed E-state index contributed by atoms with van der Waals surface area (Å²) in [7, 11) is 0. The average Bonchev–Trinajstić information content (AvgIpc) is 3.19. The number of amides is 1. The predicted octanol–water partition coefficient (Wildman–Crippen LogP) is 3.97. The van der Waals surface area contributed by atoms with Gasteiger partial charge >= 0.3 is 0 Å². The molecule has 0 spiro atoms. The first-order chi connectivity index (χ1) is 13.5. The van der Waals surface area contributed by atoms with E-state index in [9.17, 15) is 4.79 Å². The van der Waals surface area contributed by atoms with Crippen LogP contribution in [0.5, 0.6) is 5.75 Å². The molecule has 1 N–H and O–H groups in total. The van der Waals surface area contributed by atoms with Crippen LogP contribution in [-0.2, 0) is 4.79 Å². The summed E-state index contributed by atoms with van der Waals surface area (Å²) >= 11 is 0. The smallest absolute Gasteiger partial charge is 0.220 e. The third kappa shape index (κ3) is 3.72. The third-order valence-corrected chi connectivity index (χ3v) is 5.43. The molecule has 0 saturated carbocycles. The highest BCUT2D eigenvalue weighted by molar-refractivity contribution is 5.89. The van der Waals surface area contributed by atoms with Crippen LogP contribution in [0.25, 0.3) is 22.0 Å². The van der Waals surface area contributed by atoms with Gasteiger partial charge in [-0.15, -0.1) is 0 Å². The maximum Gasteiger partial charge on any atom is 0.220 e. The second-order valence-electron chi connectivity index (χ2n) is 7.77. The minimum atomic E-state index is -0.00218. The van der Waals surface area contributed by atoms with E-state index in [4.69, 9.17) is 4.74 Å². The number of rotatable bonds is 5. The Morgan fingerprint density at radius 3 is 2.82 bits per heavy atom.